The lowest BCUT2D eigenvalue weighted by molar-refractivity contribution is -0.137. The smallest absolute Gasteiger partial charge is 0.352 e. The van der Waals surface area contributed by atoms with E-state index in [9.17, 15) is 22.8 Å². The normalized spacial score (nSPS) is 21.5. The van der Waals surface area contributed by atoms with Gasteiger partial charge in [-0.05, 0) is 30.2 Å². The summed E-state index contributed by atoms with van der Waals surface area (Å²) in [6.45, 7) is 2.45. The number of nitrogens with zero attached hydrogens (tertiary/aromatic N) is 1. The Morgan fingerprint density at radius 3 is 2.71 bits per heavy atom. The fourth-order valence-electron chi connectivity index (χ4n) is 3.85. The van der Waals surface area contributed by atoms with Crippen LogP contribution in [0.5, 0.6) is 0 Å². The second-order valence-corrected chi connectivity index (χ2v) is 9.03. The predicted octanol–water partition coefficient (Wildman–Crippen LogP) is 3.90. The lowest BCUT2D eigenvalue weighted by Gasteiger charge is -2.25. The standard InChI is InChI=1S/C22H22F3N3O2S/c23-22(24,25)15-6-7-18-17(10-15)27-21(30)19(31-18)11-20(29)26-16-8-9-28(13-16)12-14-4-2-1-3-5-14/h1-7,10,16,19H,8-9,11-13H2,(H,26,29)(H,27,30)/t16-,19-/m1/s1. The summed E-state index contributed by atoms with van der Waals surface area (Å²) in [6, 6.07) is 13.4. The van der Waals surface area contributed by atoms with Gasteiger partial charge in [-0.15, -0.1) is 11.8 Å². The van der Waals surface area contributed by atoms with Crippen molar-refractivity contribution >= 4 is 29.3 Å². The second kappa shape index (κ2) is 8.92. The summed E-state index contributed by atoms with van der Waals surface area (Å²) >= 11 is 1.12. The maximum atomic E-state index is 12.9. The molecule has 0 aliphatic carbocycles. The number of alkyl halides is 3. The van der Waals surface area contributed by atoms with Crippen molar-refractivity contribution in [2.75, 3.05) is 18.4 Å². The van der Waals surface area contributed by atoms with E-state index in [2.05, 4.69) is 27.7 Å². The van der Waals surface area contributed by atoms with E-state index in [1.807, 2.05) is 18.2 Å². The monoisotopic (exact) mass is 449 g/mol. The lowest BCUT2D eigenvalue weighted by Crippen LogP contribution is -2.40. The van der Waals surface area contributed by atoms with Crippen molar-refractivity contribution in [3.63, 3.8) is 0 Å². The molecule has 164 valence electrons. The van der Waals surface area contributed by atoms with Gasteiger partial charge in [-0.2, -0.15) is 13.2 Å². The van der Waals surface area contributed by atoms with Crippen LogP contribution in [0.4, 0.5) is 18.9 Å². The summed E-state index contributed by atoms with van der Waals surface area (Å²) in [5.41, 5.74) is 0.538. The van der Waals surface area contributed by atoms with Gasteiger partial charge in [0.05, 0.1) is 16.5 Å². The molecule has 0 bridgehead atoms. The van der Waals surface area contributed by atoms with Crippen molar-refractivity contribution in [3.8, 4) is 0 Å². The molecule has 2 heterocycles. The third kappa shape index (κ3) is 5.40. The average molecular weight is 449 g/mol. The highest BCUT2D eigenvalue weighted by molar-refractivity contribution is 8.01. The molecule has 0 aromatic heterocycles. The number of halogens is 3. The first kappa shape index (κ1) is 21.7. The Bertz CT molecular complexity index is 968. The number of hydrogen-bond acceptors (Lipinski definition) is 4. The molecule has 2 aromatic rings. The lowest BCUT2D eigenvalue weighted by atomic mass is 10.1. The number of carbonyl (C=O) groups excluding carboxylic acids is 2. The summed E-state index contributed by atoms with van der Waals surface area (Å²) in [7, 11) is 0. The summed E-state index contributed by atoms with van der Waals surface area (Å²) in [6.07, 6.45) is -3.66. The van der Waals surface area contributed by atoms with Crippen LogP contribution in [0, 0.1) is 0 Å². The molecule has 5 nitrogen and oxygen atoms in total. The number of hydrogen-bond donors (Lipinski definition) is 2. The van der Waals surface area contributed by atoms with Crippen molar-refractivity contribution in [1.29, 1.82) is 0 Å². The van der Waals surface area contributed by atoms with Crippen LogP contribution in [0.3, 0.4) is 0 Å². The Kier molecular flexibility index (Phi) is 6.24. The molecule has 0 radical (unpaired) electrons. The molecule has 2 N–H and O–H groups in total. The molecule has 9 heteroatoms. The van der Waals surface area contributed by atoms with E-state index >= 15 is 0 Å². The van der Waals surface area contributed by atoms with Crippen LogP contribution in [0.15, 0.2) is 53.4 Å². The molecule has 1 saturated heterocycles. The number of fused-ring (bicyclic) bond motifs is 1. The van der Waals surface area contributed by atoms with Crippen molar-refractivity contribution in [2.24, 2.45) is 0 Å². The molecule has 2 aromatic carbocycles. The van der Waals surface area contributed by atoms with E-state index in [-0.39, 0.29) is 24.1 Å². The summed E-state index contributed by atoms with van der Waals surface area (Å²) in [4.78, 5) is 27.7. The number of amides is 2. The van der Waals surface area contributed by atoms with E-state index in [1.165, 1.54) is 11.6 Å². The van der Waals surface area contributed by atoms with Crippen LogP contribution in [-0.4, -0.2) is 41.1 Å². The van der Waals surface area contributed by atoms with Crippen LogP contribution in [0.1, 0.15) is 24.0 Å². The number of likely N-dealkylation sites (tertiary alicyclic amines) is 1. The second-order valence-electron chi connectivity index (χ2n) is 7.78. The fraction of sp³-hybridized carbons (Fsp3) is 0.364. The molecule has 2 amide bonds. The maximum Gasteiger partial charge on any atom is 0.416 e. The molecule has 1 fully saturated rings. The van der Waals surface area contributed by atoms with Crippen LogP contribution >= 0.6 is 11.8 Å². The highest BCUT2D eigenvalue weighted by atomic mass is 32.2. The summed E-state index contributed by atoms with van der Waals surface area (Å²) in [5, 5.41) is 4.83. The molecular weight excluding hydrogens is 427 g/mol. The Morgan fingerprint density at radius 1 is 1.19 bits per heavy atom. The Hall–Kier alpha value is -2.52. The van der Waals surface area contributed by atoms with Crippen molar-refractivity contribution in [2.45, 2.75) is 41.7 Å². The van der Waals surface area contributed by atoms with Crippen LogP contribution in [-0.2, 0) is 22.3 Å². The molecule has 2 atom stereocenters. The molecule has 4 rings (SSSR count). The number of rotatable bonds is 5. The minimum atomic E-state index is -4.48. The molecule has 2 aliphatic heterocycles. The first-order chi connectivity index (χ1) is 14.8. The quantitative estimate of drug-likeness (QED) is 0.727. The molecular formula is C22H22F3N3O2S. The third-order valence-electron chi connectivity index (χ3n) is 5.38. The minimum absolute atomic E-state index is 0.0217. The van der Waals surface area contributed by atoms with Gasteiger partial charge in [0.15, 0.2) is 0 Å². The highest BCUT2D eigenvalue weighted by Crippen LogP contribution is 2.40. The van der Waals surface area contributed by atoms with Gasteiger partial charge >= 0.3 is 6.18 Å². The number of benzene rings is 2. The molecule has 31 heavy (non-hydrogen) atoms. The van der Waals surface area contributed by atoms with E-state index in [0.29, 0.717) is 4.90 Å². The number of carbonyl (C=O) groups is 2. The predicted molar refractivity (Wildman–Crippen MR) is 113 cm³/mol. The average Bonchev–Trinajstić information content (AvgIpc) is 3.14. The van der Waals surface area contributed by atoms with Crippen LogP contribution in [0.25, 0.3) is 0 Å². The van der Waals surface area contributed by atoms with Crippen molar-refractivity contribution < 1.29 is 22.8 Å². The Balaban J connectivity index is 1.30. The first-order valence-corrected chi connectivity index (χ1v) is 10.9. The fourth-order valence-corrected chi connectivity index (χ4v) is 4.94. The van der Waals surface area contributed by atoms with E-state index < -0.39 is 22.9 Å². The Labute approximate surface area is 182 Å². The van der Waals surface area contributed by atoms with E-state index in [0.717, 1.165) is 49.9 Å². The van der Waals surface area contributed by atoms with Gasteiger partial charge in [0.1, 0.15) is 0 Å². The molecule has 0 unspecified atom stereocenters. The van der Waals surface area contributed by atoms with Crippen LogP contribution in [0.2, 0.25) is 0 Å². The third-order valence-corrected chi connectivity index (χ3v) is 6.66. The van der Waals surface area contributed by atoms with Gasteiger partial charge in [-0.25, -0.2) is 0 Å². The van der Waals surface area contributed by atoms with Crippen molar-refractivity contribution in [1.82, 2.24) is 10.2 Å². The van der Waals surface area contributed by atoms with E-state index in [1.54, 1.807) is 0 Å². The zero-order chi connectivity index (χ0) is 22.0. The molecule has 0 saturated carbocycles. The molecule has 0 spiro atoms. The zero-order valence-corrected chi connectivity index (χ0v) is 17.4. The highest BCUT2D eigenvalue weighted by Gasteiger charge is 2.34. The van der Waals surface area contributed by atoms with Crippen LogP contribution < -0.4 is 10.6 Å². The van der Waals surface area contributed by atoms with Gasteiger partial charge < -0.3 is 10.6 Å². The summed E-state index contributed by atoms with van der Waals surface area (Å²) in [5.74, 6) is -0.682. The maximum absolute atomic E-state index is 12.9. The van der Waals surface area contributed by atoms with Gasteiger partial charge in [-0.3, -0.25) is 14.5 Å². The van der Waals surface area contributed by atoms with Gasteiger partial charge in [0.25, 0.3) is 0 Å². The van der Waals surface area contributed by atoms with E-state index in [4.69, 9.17) is 0 Å². The minimum Gasteiger partial charge on any atom is -0.352 e. The largest absolute Gasteiger partial charge is 0.416 e. The SMILES string of the molecule is O=C(C[C@H]1Sc2ccc(C(F)(F)F)cc2NC1=O)N[C@@H]1CCN(Cc2ccccc2)C1. The summed E-state index contributed by atoms with van der Waals surface area (Å²) < 4.78 is 38.6. The molecule has 2 aliphatic rings. The van der Waals surface area contributed by atoms with Gasteiger partial charge in [-0.1, -0.05) is 30.3 Å². The first-order valence-electron chi connectivity index (χ1n) is 10.0. The number of anilines is 1. The topological polar surface area (TPSA) is 61.4 Å². The van der Waals surface area contributed by atoms with Gasteiger partial charge in [0, 0.05) is 37.0 Å². The number of thioether (sulfide) groups is 1. The van der Waals surface area contributed by atoms with Crippen molar-refractivity contribution in [3.05, 3.63) is 59.7 Å². The number of nitrogens with one attached hydrogen (secondary N) is 2. The van der Waals surface area contributed by atoms with Gasteiger partial charge in [0.2, 0.25) is 11.8 Å². The Morgan fingerprint density at radius 2 is 1.97 bits per heavy atom. The zero-order valence-electron chi connectivity index (χ0n) is 16.6.